The molecule has 1 N–H and O–H groups in total. The number of hydrogen-bond acceptors (Lipinski definition) is 5. The third-order valence-electron chi connectivity index (χ3n) is 4.21. The molecular weight excluding hydrogens is 294 g/mol. The molecule has 0 unspecified atom stereocenters. The highest BCUT2D eigenvalue weighted by Crippen LogP contribution is 2.13. The van der Waals surface area contributed by atoms with Crippen LogP contribution >= 0.6 is 0 Å². The van der Waals surface area contributed by atoms with Crippen molar-refractivity contribution in [2.24, 2.45) is 0 Å². The number of likely N-dealkylation sites (tertiary alicyclic amines) is 1. The van der Waals surface area contributed by atoms with Crippen LogP contribution in [0.3, 0.4) is 0 Å². The standard InChI is InChI=1S/C16H23N5O2/c1-20(12-13-5-6-14-15(11-13)19-23-18-14)16(22)17-7-4-10-21-8-2-3-9-21/h5-6,11H,2-4,7-10,12H2,1H3,(H,17,22). The van der Waals surface area contributed by atoms with Gasteiger partial charge in [-0.1, -0.05) is 6.07 Å². The van der Waals surface area contributed by atoms with Crippen molar-refractivity contribution < 1.29 is 9.42 Å². The van der Waals surface area contributed by atoms with Crippen molar-refractivity contribution in [2.75, 3.05) is 33.2 Å². The fourth-order valence-electron chi connectivity index (χ4n) is 2.91. The average molecular weight is 317 g/mol. The van der Waals surface area contributed by atoms with E-state index in [1.807, 2.05) is 18.2 Å². The number of nitrogens with one attached hydrogen (secondary N) is 1. The fraction of sp³-hybridized carbons (Fsp3) is 0.562. The summed E-state index contributed by atoms with van der Waals surface area (Å²) in [6.07, 6.45) is 3.61. The maximum absolute atomic E-state index is 12.1. The zero-order valence-electron chi connectivity index (χ0n) is 13.5. The van der Waals surface area contributed by atoms with Gasteiger partial charge in [0.15, 0.2) is 0 Å². The maximum atomic E-state index is 12.1. The van der Waals surface area contributed by atoms with Gasteiger partial charge in [0, 0.05) is 20.1 Å². The number of rotatable bonds is 6. The Labute approximate surface area is 135 Å². The minimum Gasteiger partial charge on any atom is -0.338 e. The van der Waals surface area contributed by atoms with Gasteiger partial charge in [-0.25, -0.2) is 9.42 Å². The molecule has 2 aromatic rings. The molecule has 1 fully saturated rings. The minimum atomic E-state index is -0.0511. The topological polar surface area (TPSA) is 74.5 Å². The van der Waals surface area contributed by atoms with Crippen LogP contribution in [0.15, 0.2) is 22.8 Å². The van der Waals surface area contributed by atoms with Gasteiger partial charge in [-0.3, -0.25) is 0 Å². The van der Waals surface area contributed by atoms with E-state index in [9.17, 15) is 4.79 Å². The van der Waals surface area contributed by atoms with Gasteiger partial charge in [-0.15, -0.1) is 0 Å². The first-order valence-electron chi connectivity index (χ1n) is 8.15. The molecule has 7 nitrogen and oxygen atoms in total. The normalized spacial score (nSPS) is 15.2. The molecule has 2 heterocycles. The quantitative estimate of drug-likeness (QED) is 0.823. The number of carbonyl (C=O) groups excluding carboxylic acids is 1. The van der Waals surface area contributed by atoms with E-state index in [1.54, 1.807) is 11.9 Å². The van der Waals surface area contributed by atoms with Gasteiger partial charge < -0.3 is 15.1 Å². The largest absolute Gasteiger partial charge is 0.338 e. The molecule has 124 valence electrons. The SMILES string of the molecule is CN(Cc1ccc2nonc2c1)C(=O)NCCCN1CCCC1. The Balaban J connectivity index is 1.41. The number of nitrogens with zero attached hydrogens (tertiary/aromatic N) is 4. The number of fused-ring (bicyclic) bond motifs is 1. The van der Waals surface area contributed by atoms with Gasteiger partial charge in [-0.05, 0) is 66.9 Å². The van der Waals surface area contributed by atoms with Crippen LogP contribution in [0.4, 0.5) is 4.79 Å². The number of urea groups is 1. The lowest BCUT2D eigenvalue weighted by atomic mass is 10.2. The van der Waals surface area contributed by atoms with Crippen LogP contribution < -0.4 is 5.32 Å². The second kappa shape index (κ2) is 7.41. The van der Waals surface area contributed by atoms with Gasteiger partial charge in [-0.2, -0.15) is 0 Å². The summed E-state index contributed by atoms with van der Waals surface area (Å²) in [6.45, 7) is 4.72. The molecule has 0 aliphatic carbocycles. The highest BCUT2D eigenvalue weighted by atomic mass is 16.6. The molecule has 1 aliphatic heterocycles. The first-order valence-corrected chi connectivity index (χ1v) is 8.15. The summed E-state index contributed by atoms with van der Waals surface area (Å²) in [5, 5.41) is 10.6. The Hall–Kier alpha value is -2.15. The van der Waals surface area contributed by atoms with Crippen molar-refractivity contribution in [1.82, 2.24) is 25.4 Å². The Morgan fingerprint density at radius 3 is 2.91 bits per heavy atom. The Kier molecular flexibility index (Phi) is 5.07. The van der Waals surface area contributed by atoms with Crippen LogP contribution in [0.25, 0.3) is 11.0 Å². The van der Waals surface area contributed by atoms with Crippen molar-refractivity contribution in [2.45, 2.75) is 25.8 Å². The number of amides is 2. The van der Waals surface area contributed by atoms with Crippen molar-refractivity contribution in [3.05, 3.63) is 23.8 Å². The van der Waals surface area contributed by atoms with Crippen LogP contribution in [0.5, 0.6) is 0 Å². The molecular formula is C16H23N5O2. The smallest absolute Gasteiger partial charge is 0.317 e. The summed E-state index contributed by atoms with van der Waals surface area (Å²) in [6, 6.07) is 5.63. The van der Waals surface area contributed by atoms with Crippen LogP contribution in [-0.4, -0.2) is 59.4 Å². The van der Waals surface area contributed by atoms with Crippen LogP contribution in [0, 0.1) is 0 Å². The molecule has 1 saturated heterocycles. The summed E-state index contributed by atoms with van der Waals surface area (Å²) < 4.78 is 4.68. The van der Waals surface area contributed by atoms with Crippen LogP contribution in [0.1, 0.15) is 24.8 Å². The highest BCUT2D eigenvalue weighted by Gasteiger charge is 2.12. The van der Waals surface area contributed by atoms with E-state index in [0.717, 1.165) is 24.0 Å². The number of aromatic nitrogens is 2. The predicted molar refractivity (Wildman–Crippen MR) is 87.0 cm³/mol. The Bertz CT molecular complexity index is 651. The first-order chi connectivity index (χ1) is 11.2. The molecule has 0 spiro atoms. The van der Waals surface area contributed by atoms with Crippen molar-refractivity contribution in [3.63, 3.8) is 0 Å². The summed E-state index contributed by atoms with van der Waals surface area (Å²) in [5.74, 6) is 0. The van der Waals surface area contributed by atoms with E-state index in [2.05, 4.69) is 25.2 Å². The van der Waals surface area contributed by atoms with E-state index >= 15 is 0 Å². The highest BCUT2D eigenvalue weighted by molar-refractivity contribution is 5.75. The molecule has 1 aliphatic rings. The minimum absolute atomic E-state index is 0.0511. The van der Waals surface area contributed by atoms with Gasteiger partial charge >= 0.3 is 6.03 Å². The summed E-state index contributed by atoms with van der Waals surface area (Å²) >= 11 is 0. The lowest BCUT2D eigenvalue weighted by molar-refractivity contribution is 0.206. The van der Waals surface area contributed by atoms with E-state index in [1.165, 1.54) is 25.9 Å². The van der Waals surface area contributed by atoms with Gasteiger partial charge in [0.05, 0.1) is 0 Å². The molecule has 23 heavy (non-hydrogen) atoms. The Morgan fingerprint density at radius 2 is 2.09 bits per heavy atom. The monoisotopic (exact) mass is 317 g/mol. The molecule has 1 aromatic heterocycles. The lowest BCUT2D eigenvalue weighted by Crippen LogP contribution is -2.38. The van der Waals surface area contributed by atoms with E-state index in [4.69, 9.17) is 0 Å². The first kappa shape index (κ1) is 15.7. The van der Waals surface area contributed by atoms with Crippen molar-refractivity contribution >= 4 is 17.1 Å². The predicted octanol–water partition coefficient (Wildman–Crippen LogP) is 1.85. The summed E-state index contributed by atoms with van der Waals surface area (Å²) in [5.41, 5.74) is 2.44. The van der Waals surface area contributed by atoms with Gasteiger partial charge in [0.25, 0.3) is 0 Å². The lowest BCUT2D eigenvalue weighted by Gasteiger charge is -2.19. The fourth-order valence-corrected chi connectivity index (χ4v) is 2.91. The molecule has 0 radical (unpaired) electrons. The average Bonchev–Trinajstić information content (AvgIpc) is 3.22. The maximum Gasteiger partial charge on any atom is 0.317 e. The molecule has 0 bridgehead atoms. The van der Waals surface area contributed by atoms with E-state index in [-0.39, 0.29) is 6.03 Å². The van der Waals surface area contributed by atoms with Crippen molar-refractivity contribution in [3.8, 4) is 0 Å². The number of hydrogen-bond donors (Lipinski definition) is 1. The third kappa shape index (κ3) is 4.19. The second-order valence-corrected chi connectivity index (χ2v) is 6.08. The van der Waals surface area contributed by atoms with E-state index < -0.39 is 0 Å². The van der Waals surface area contributed by atoms with Gasteiger partial charge in [0.1, 0.15) is 11.0 Å². The number of benzene rings is 1. The summed E-state index contributed by atoms with van der Waals surface area (Å²) in [4.78, 5) is 16.2. The van der Waals surface area contributed by atoms with Crippen molar-refractivity contribution in [1.29, 1.82) is 0 Å². The summed E-state index contributed by atoms with van der Waals surface area (Å²) in [7, 11) is 1.79. The molecule has 3 rings (SSSR count). The number of carbonyl (C=O) groups is 1. The zero-order chi connectivity index (χ0) is 16.1. The molecule has 0 atom stereocenters. The molecule has 7 heteroatoms. The van der Waals surface area contributed by atoms with Gasteiger partial charge in [0.2, 0.25) is 0 Å². The van der Waals surface area contributed by atoms with E-state index in [0.29, 0.717) is 18.6 Å². The Morgan fingerprint density at radius 1 is 1.30 bits per heavy atom. The second-order valence-electron chi connectivity index (χ2n) is 6.08. The molecule has 0 saturated carbocycles. The third-order valence-corrected chi connectivity index (χ3v) is 4.21. The van der Waals surface area contributed by atoms with Crippen LogP contribution in [0.2, 0.25) is 0 Å². The molecule has 2 amide bonds. The zero-order valence-corrected chi connectivity index (χ0v) is 13.5. The molecule has 1 aromatic carbocycles. The van der Waals surface area contributed by atoms with Crippen LogP contribution in [-0.2, 0) is 6.54 Å².